The first-order valence-electron chi connectivity index (χ1n) is 7.81. The first-order valence-corrected chi connectivity index (χ1v) is 7.81. The fraction of sp³-hybridized carbons (Fsp3) is 0.933. The third-order valence-corrected chi connectivity index (χ3v) is 3.71. The van der Waals surface area contributed by atoms with Gasteiger partial charge in [-0.1, -0.05) is 20.8 Å². The van der Waals surface area contributed by atoms with Gasteiger partial charge in [-0.25, -0.2) is 0 Å². The Labute approximate surface area is 118 Å². The number of hydrogen-bond acceptors (Lipinski definition) is 3. The van der Waals surface area contributed by atoms with Gasteiger partial charge in [0, 0.05) is 31.6 Å². The normalized spacial score (nSPS) is 16.9. The fourth-order valence-corrected chi connectivity index (χ4v) is 2.36. The molecule has 0 spiro atoms. The summed E-state index contributed by atoms with van der Waals surface area (Å²) in [5, 5.41) is 2.96. The quantitative estimate of drug-likeness (QED) is 0.635. The van der Waals surface area contributed by atoms with Crippen molar-refractivity contribution >= 4 is 5.91 Å². The van der Waals surface area contributed by atoms with E-state index in [-0.39, 0.29) is 11.9 Å². The van der Waals surface area contributed by atoms with Gasteiger partial charge in [0.05, 0.1) is 0 Å². The SMILES string of the molecule is CCCNC(=O)CC(CN)N(CCC(C)C)C1CC1. The number of carbonyl (C=O) groups excluding carboxylic acids is 1. The molecule has 1 amide bonds. The second kappa shape index (κ2) is 8.54. The second-order valence-electron chi connectivity index (χ2n) is 6.10. The van der Waals surface area contributed by atoms with Gasteiger partial charge in [-0.15, -0.1) is 0 Å². The summed E-state index contributed by atoms with van der Waals surface area (Å²) in [6.45, 7) is 8.98. The molecule has 1 fully saturated rings. The molecule has 1 aliphatic rings. The Morgan fingerprint density at radius 3 is 2.58 bits per heavy atom. The van der Waals surface area contributed by atoms with E-state index >= 15 is 0 Å². The van der Waals surface area contributed by atoms with Crippen LogP contribution in [0, 0.1) is 5.92 Å². The summed E-state index contributed by atoms with van der Waals surface area (Å²) in [6, 6.07) is 0.884. The largest absolute Gasteiger partial charge is 0.356 e. The summed E-state index contributed by atoms with van der Waals surface area (Å²) >= 11 is 0. The van der Waals surface area contributed by atoms with E-state index in [1.54, 1.807) is 0 Å². The average molecular weight is 269 g/mol. The lowest BCUT2D eigenvalue weighted by atomic mass is 10.1. The molecule has 3 N–H and O–H groups in total. The van der Waals surface area contributed by atoms with E-state index in [1.807, 2.05) is 0 Å². The zero-order chi connectivity index (χ0) is 14.3. The topological polar surface area (TPSA) is 58.4 Å². The maximum Gasteiger partial charge on any atom is 0.221 e. The zero-order valence-electron chi connectivity index (χ0n) is 12.8. The molecule has 4 nitrogen and oxygen atoms in total. The third-order valence-electron chi connectivity index (χ3n) is 3.71. The van der Waals surface area contributed by atoms with Gasteiger partial charge in [-0.3, -0.25) is 9.69 Å². The molecule has 112 valence electrons. The van der Waals surface area contributed by atoms with Gasteiger partial charge in [0.25, 0.3) is 0 Å². The van der Waals surface area contributed by atoms with Crippen LogP contribution < -0.4 is 11.1 Å². The molecule has 19 heavy (non-hydrogen) atoms. The summed E-state index contributed by atoms with van der Waals surface area (Å²) < 4.78 is 0. The Bertz CT molecular complexity index is 264. The molecular weight excluding hydrogens is 238 g/mol. The zero-order valence-corrected chi connectivity index (χ0v) is 12.8. The highest BCUT2D eigenvalue weighted by Gasteiger charge is 2.33. The lowest BCUT2D eigenvalue weighted by molar-refractivity contribution is -0.122. The van der Waals surface area contributed by atoms with Crippen LogP contribution in [-0.4, -0.2) is 42.5 Å². The molecular formula is C15H31N3O. The molecule has 4 heteroatoms. The van der Waals surface area contributed by atoms with Crippen molar-refractivity contribution in [1.82, 2.24) is 10.2 Å². The summed E-state index contributed by atoms with van der Waals surface area (Å²) in [5.41, 5.74) is 5.90. The minimum absolute atomic E-state index is 0.146. The molecule has 1 unspecified atom stereocenters. The highest BCUT2D eigenvalue weighted by Crippen LogP contribution is 2.29. The second-order valence-corrected chi connectivity index (χ2v) is 6.10. The number of rotatable bonds is 10. The smallest absolute Gasteiger partial charge is 0.221 e. The Morgan fingerprint density at radius 1 is 1.42 bits per heavy atom. The van der Waals surface area contributed by atoms with Gasteiger partial charge in [0.2, 0.25) is 5.91 Å². The standard InChI is InChI=1S/C15H31N3O/c1-4-8-17-15(19)10-14(11-16)18(13-5-6-13)9-7-12(2)3/h12-14H,4-11,16H2,1-3H3,(H,17,19). The molecule has 1 aliphatic carbocycles. The van der Waals surface area contributed by atoms with Gasteiger partial charge in [-0.2, -0.15) is 0 Å². The van der Waals surface area contributed by atoms with E-state index < -0.39 is 0 Å². The van der Waals surface area contributed by atoms with Crippen molar-refractivity contribution in [3.63, 3.8) is 0 Å². The van der Waals surface area contributed by atoms with Crippen LogP contribution >= 0.6 is 0 Å². The fourth-order valence-electron chi connectivity index (χ4n) is 2.36. The van der Waals surface area contributed by atoms with Gasteiger partial charge in [0.1, 0.15) is 0 Å². The maximum atomic E-state index is 11.9. The van der Waals surface area contributed by atoms with Crippen LogP contribution in [-0.2, 0) is 4.79 Å². The van der Waals surface area contributed by atoms with Crippen LogP contribution in [0.3, 0.4) is 0 Å². The van der Waals surface area contributed by atoms with Crippen LogP contribution in [0.5, 0.6) is 0 Å². The molecule has 0 heterocycles. The van der Waals surface area contributed by atoms with Crippen LogP contribution in [0.15, 0.2) is 0 Å². The van der Waals surface area contributed by atoms with Gasteiger partial charge in [-0.05, 0) is 38.1 Å². The Hall–Kier alpha value is -0.610. The highest BCUT2D eigenvalue weighted by atomic mass is 16.1. The molecule has 1 atom stereocenters. The van der Waals surface area contributed by atoms with Crippen molar-refractivity contribution in [3.8, 4) is 0 Å². The van der Waals surface area contributed by atoms with Crippen molar-refractivity contribution in [2.45, 2.75) is 65.0 Å². The molecule has 0 aromatic rings. The van der Waals surface area contributed by atoms with E-state index in [2.05, 4.69) is 31.0 Å². The number of hydrogen-bond donors (Lipinski definition) is 2. The van der Waals surface area contributed by atoms with E-state index in [1.165, 1.54) is 19.3 Å². The van der Waals surface area contributed by atoms with Crippen LogP contribution in [0.4, 0.5) is 0 Å². The number of nitrogens with one attached hydrogen (secondary N) is 1. The van der Waals surface area contributed by atoms with Crippen molar-refractivity contribution in [2.75, 3.05) is 19.6 Å². The molecule has 0 bridgehead atoms. The first kappa shape index (κ1) is 16.4. The number of carbonyl (C=O) groups is 1. The third kappa shape index (κ3) is 6.39. The molecule has 0 aliphatic heterocycles. The predicted molar refractivity (Wildman–Crippen MR) is 79.9 cm³/mol. The van der Waals surface area contributed by atoms with E-state index in [4.69, 9.17) is 5.73 Å². The predicted octanol–water partition coefficient (Wildman–Crippen LogP) is 1.74. The Kier molecular flexibility index (Phi) is 7.39. The lowest BCUT2D eigenvalue weighted by Crippen LogP contribution is -2.45. The summed E-state index contributed by atoms with van der Waals surface area (Å²) in [7, 11) is 0. The van der Waals surface area contributed by atoms with Crippen molar-refractivity contribution < 1.29 is 4.79 Å². The minimum Gasteiger partial charge on any atom is -0.356 e. The molecule has 0 aromatic carbocycles. The van der Waals surface area contributed by atoms with E-state index in [0.717, 1.165) is 19.5 Å². The first-order chi connectivity index (χ1) is 9.08. The van der Waals surface area contributed by atoms with Crippen molar-refractivity contribution in [3.05, 3.63) is 0 Å². The van der Waals surface area contributed by atoms with Crippen molar-refractivity contribution in [1.29, 1.82) is 0 Å². The number of nitrogens with zero attached hydrogens (tertiary/aromatic N) is 1. The highest BCUT2D eigenvalue weighted by molar-refractivity contribution is 5.76. The van der Waals surface area contributed by atoms with E-state index in [0.29, 0.717) is 24.9 Å². The van der Waals surface area contributed by atoms with Gasteiger partial charge < -0.3 is 11.1 Å². The van der Waals surface area contributed by atoms with Gasteiger partial charge in [0.15, 0.2) is 0 Å². The lowest BCUT2D eigenvalue weighted by Gasteiger charge is -2.31. The van der Waals surface area contributed by atoms with Crippen LogP contribution in [0.2, 0.25) is 0 Å². The van der Waals surface area contributed by atoms with E-state index in [9.17, 15) is 4.79 Å². The molecule has 0 aromatic heterocycles. The number of nitrogens with two attached hydrogens (primary N) is 1. The summed E-state index contributed by atoms with van der Waals surface area (Å²) in [4.78, 5) is 14.3. The summed E-state index contributed by atoms with van der Waals surface area (Å²) in [5.74, 6) is 0.848. The van der Waals surface area contributed by atoms with Crippen LogP contribution in [0.25, 0.3) is 0 Å². The monoisotopic (exact) mass is 269 g/mol. The molecule has 0 saturated heterocycles. The van der Waals surface area contributed by atoms with Gasteiger partial charge >= 0.3 is 0 Å². The average Bonchev–Trinajstić information content (AvgIpc) is 3.19. The minimum atomic E-state index is 0.146. The Morgan fingerprint density at radius 2 is 2.11 bits per heavy atom. The van der Waals surface area contributed by atoms with Crippen LogP contribution in [0.1, 0.15) is 52.9 Å². The Balaban J connectivity index is 2.45. The molecule has 1 saturated carbocycles. The number of amides is 1. The van der Waals surface area contributed by atoms with Crippen molar-refractivity contribution in [2.24, 2.45) is 11.7 Å². The maximum absolute atomic E-state index is 11.9. The molecule has 1 rings (SSSR count). The molecule has 0 radical (unpaired) electrons. The summed E-state index contributed by atoms with van der Waals surface area (Å²) in [6.07, 6.45) is 5.25.